The summed E-state index contributed by atoms with van der Waals surface area (Å²) < 4.78 is 5.83. The summed E-state index contributed by atoms with van der Waals surface area (Å²) in [6.45, 7) is 4.16. The smallest absolute Gasteiger partial charge is 0.221 e. The highest BCUT2D eigenvalue weighted by Gasteiger charge is 2.13. The zero-order valence-corrected chi connectivity index (χ0v) is 16.2. The molecule has 26 heavy (non-hydrogen) atoms. The number of hydrogen-bond acceptors (Lipinski definition) is 4. The van der Waals surface area contributed by atoms with Gasteiger partial charge in [0.2, 0.25) is 5.91 Å². The second-order valence-electron chi connectivity index (χ2n) is 6.35. The summed E-state index contributed by atoms with van der Waals surface area (Å²) in [5.41, 5.74) is 7.68. The summed E-state index contributed by atoms with van der Waals surface area (Å²) >= 11 is 1.78. The van der Waals surface area contributed by atoms with Crippen molar-refractivity contribution in [1.29, 1.82) is 5.41 Å². The van der Waals surface area contributed by atoms with Crippen LogP contribution in [0.15, 0.2) is 36.4 Å². The van der Waals surface area contributed by atoms with Gasteiger partial charge < -0.3 is 15.8 Å². The predicted octanol–water partition coefficient (Wildman–Crippen LogP) is 3.90. The van der Waals surface area contributed by atoms with Crippen molar-refractivity contribution in [2.24, 2.45) is 5.73 Å². The zero-order valence-electron chi connectivity index (χ0n) is 15.4. The number of carbonyl (C=O) groups is 1. The van der Waals surface area contributed by atoms with Crippen LogP contribution < -0.4 is 11.1 Å². The van der Waals surface area contributed by atoms with E-state index in [1.165, 1.54) is 22.2 Å². The van der Waals surface area contributed by atoms with Gasteiger partial charge in [-0.2, -0.15) is 0 Å². The van der Waals surface area contributed by atoms with Crippen LogP contribution in [-0.4, -0.2) is 24.5 Å². The Kier molecular flexibility index (Phi) is 7.81. The van der Waals surface area contributed by atoms with Crippen molar-refractivity contribution >= 4 is 28.8 Å². The monoisotopic (exact) mass is 373 g/mol. The number of thiophene rings is 1. The number of amides is 1. The fourth-order valence-electron chi connectivity index (χ4n) is 2.68. The number of nitrogens with one attached hydrogen (secondary N) is 2. The molecule has 2 aromatic rings. The van der Waals surface area contributed by atoms with Gasteiger partial charge in [0.05, 0.1) is 0 Å². The molecule has 0 bridgehead atoms. The molecule has 1 aromatic heterocycles. The number of carbonyl (C=O) groups excluding carboxylic acids is 1. The first-order valence-electron chi connectivity index (χ1n) is 8.81. The molecule has 140 valence electrons. The van der Waals surface area contributed by atoms with Crippen molar-refractivity contribution in [3.05, 3.63) is 51.7 Å². The van der Waals surface area contributed by atoms with Gasteiger partial charge in [-0.3, -0.25) is 10.2 Å². The van der Waals surface area contributed by atoms with Crippen molar-refractivity contribution in [1.82, 2.24) is 0 Å². The number of ether oxygens (including phenoxy) is 1. The lowest BCUT2D eigenvalue weighted by atomic mass is 10.1. The average molecular weight is 374 g/mol. The van der Waals surface area contributed by atoms with E-state index in [-0.39, 0.29) is 17.8 Å². The maximum atomic E-state index is 11.0. The summed E-state index contributed by atoms with van der Waals surface area (Å²) in [5.74, 6) is 0.0251. The van der Waals surface area contributed by atoms with Gasteiger partial charge >= 0.3 is 0 Å². The van der Waals surface area contributed by atoms with E-state index < -0.39 is 0 Å². The van der Waals surface area contributed by atoms with Crippen molar-refractivity contribution in [2.45, 2.75) is 45.6 Å². The quantitative estimate of drug-likeness (QED) is 0.335. The Morgan fingerprint density at radius 1 is 1.23 bits per heavy atom. The number of hydrogen-bond donors (Lipinski definition) is 3. The lowest BCUT2D eigenvalue weighted by molar-refractivity contribution is -0.114. The highest BCUT2D eigenvalue weighted by atomic mass is 32.1. The molecule has 6 heteroatoms. The minimum atomic E-state index is -0.320. The lowest BCUT2D eigenvalue weighted by Gasteiger charge is -2.16. The lowest BCUT2D eigenvalue weighted by Crippen LogP contribution is -2.31. The Morgan fingerprint density at radius 3 is 2.54 bits per heavy atom. The Hall–Kier alpha value is -2.18. The maximum absolute atomic E-state index is 11.0. The van der Waals surface area contributed by atoms with Crippen LogP contribution in [0.4, 0.5) is 5.69 Å². The second-order valence-corrected chi connectivity index (χ2v) is 7.72. The Labute approximate surface area is 159 Å². The van der Waals surface area contributed by atoms with Gasteiger partial charge in [0.25, 0.3) is 0 Å². The molecule has 0 spiro atoms. The molecule has 4 N–H and O–H groups in total. The van der Waals surface area contributed by atoms with Gasteiger partial charge in [-0.25, -0.2) is 0 Å². The molecular formula is C20H27N3O2S. The minimum Gasteiger partial charge on any atom is -0.385 e. The van der Waals surface area contributed by atoms with Crippen LogP contribution >= 0.6 is 11.3 Å². The third-order valence-corrected chi connectivity index (χ3v) is 5.06. The molecule has 5 nitrogen and oxygen atoms in total. The summed E-state index contributed by atoms with van der Waals surface area (Å²) in [5, 5.41) is 10.5. The Balaban J connectivity index is 1.71. The highest BCUT2D eigenvalue weighted by molar-refractivity contribution is 7.11. The number of rotatable bonds is 10. The van der Waals surface area contributed by atoms with E-state index in [4.69, 9.17) is 15.9 Å². The van der Waals surface area contributed by atoms with Crippen LogP contribution in [-0.2, 0) is 22.4 Å². The second kappa shape index (κ2) is 10.1. The topological polar surface area (TPSA) is 88.2 Å². The minimum absolute atomic E-state index is 0.0702. The molecular weight excluding hydrogens is 346 g/mol. The van der Waals surface area contributed by atoms with Crippen molar-refractivity contribution < 1.29 is 9.53 Å². The zero-order chi connectivity index (χ0) is 18.9. The molecule has 0 aliphatic rings. The van der Waals surface area contributed by atoms with E-state index in [2.05, 4.69) is 24.4 Å². The van der Waals surface area contributed by atoms with E-state index in [1.54, 1.807) is 11.3 Å². The number of aryl methyl sites for hydroxylation is 3. The summed E-state index contributed by atoms with van der Waals surface area (Å²) in [6.07, 6.45) is 3.05. The van der Waals surface area contributed by atoms with Crippen LogP contribution in [0.1, 0.15) is 35.1 Å². The first kappa shape index (κ1) is 20.1. The Bertz CT molecular complexity index is 725. The molecule has 1 heterocycles. The molecule has 0 saturated heterocycles. The van der Waals surface area contributed by atoms with E-state index >= 15 is 0 Å². The number of anilines is 1. The average Bonchev–Trinajstić information content (AvgIpc) is 3.00. The summed E-state index contributed by atoms with van der Waals surface area (Å²) in [6, 6.07) is 12.1. The van der Waals surface area contributed by atoms with Crippen molar-refractivity contribution in [3.63, 3.8) is 0 Å². The molecule has 0 radical (unpaired) electrons. The van der Waals surface area contributed by atoms with E-state index in [0.29, 0.717) is 6.61 Å². The summed E-state index contributed by atoms with van der Waals surface area (Å²) in [7, 11) is 0. The largest absolute Gasteiger partial charge is 0.385 e. The number of benzene rings is 1. The molecule has 1 atom stereocenters. The predicted molar refractivity (Wildman–Crippen MR) is 108 cm³/mol. The third kappa shape index (κ3) is 6.98. The van der Waals surface area contributed by atoms with Gasteiger partial charge in [0.1, 0.15) is 11.9 Å². The van der Waals surface area contributed by atoms with E-state index in [0.717, 1.165) is 31.4 Å². The molecule has 1 unspecified atom stereocenters. The van der Waals surface area contributed by atoms with Gasteiger partial charge in [0, 0.05) is 29.0 Å². The van der Waals surface area contributed by atoms with Gasteiger partial charge in [-0.15, -0.1) is 11.3 Å². The van der Waals surface area contributed by atoms with E-state index in [1.807, 2.05) is 24.3 Å². The van der Waals surface area contributed by atoms with Crippen molar-refractivity contribution in [2.75, 3.05) is 11.9 Å². The number of amidine groups is 1. The summed E-state index contributed by atoms with van der Waals surface area (Å²) in [4.78, 5) is 13.6. The van der Waals surface area contributed by atoms with Crippen LogP contribution in [0.2, 0.25) is 0 Å². The maximum Gasteiger partial charge on any atom is 0.221 e. The normalized spacial score (nSPS) is 11.9. The first-order valence-corrected chi connectivity index (χ1v) is 9.63. The third-order valence-electron chi connectivity index (χ3n) is 4.00. The SMILES string of the molecule is CC(=O)Nc1ccc(CCCOC(CCc2ccc(C)s2)C(=N)N)cc1. The number of nitrogens with two attached hydrogens (primary N) is 1. The highest BCUT2D eigenvalue weighted by Crippen LogP contribution is 2.18. The molecule has 2 rings (SSSR count). The Morgan fingerprint density at radius 2 is 1.96 bits per heavy atom. The molecule has 0 aliphatic carbocycles. The van der Waals surface area contributed by atoms with Gasteiger partial charge in [-0.05, 0) is 62.4 Å². The van der Waals surface area contributed by atoms with Crippen LogP contribution in [0.5, 0.6) is 0 Å². The molecule has 0 fully saturated rings. The van der Waals surface area contributed by atoms with Crippen molar-refractivity contribution in [3.8, 4) is 0 Å². The standard InChI is InChI=1S/C20H27N3O2S/c1-14-5-10-18(26-14)11-12-19(20(21)22)25-13-3-4-16-6-8-17(9-7-16)23-15(2)24/h5-10,19H,3-4,11-13H2,1-2H3,(H3,21,22)(H,23,24). The fourth-order valence-corrected chi connectivity index (χ4v) is 3.59. The van der Waals surface area contributed by atoms with Crippen LogP contribution in [0.25, 0.3) is 0 Å². The van der Waals surface area contributed by atoms with Gasteiger partial charge in [-0.1, -0.05) is 12.1 Å². The van der Waals surface area contributed by atoms with Gasteiger partial charge in [0.15, 0.2) is 0 Å². The molecule has 1 amide bonds. The molecule has 1 aromatic carbocycles. The van der Waals surface area contributed by atoms with Crippen LogP contribution in [0, 0.1) is 12.3 Å². The molecule has 0 aliphatic heterocycles. The first-order chi connectivity index (χ1) is 12.4. The van der Waals surface area contributed by atoms with Crippen LogP contribution in [0.3, 0.4) is 0 Å². The fraction of sp³-hybridized carbons (Fsp3) is 0.400. The molecule has 0 saturated carbocycles. The van der Waals surface area contributed by atoms with E-state index in [9.17, 15) is 4.79 Å².